The average Bonchev–Trinajstić information content (AvgIpc) is 2.49. The summed E-state index contributed by atoms with van der Waals surface area (Å²) in [6.45, 7) is 0. The summed E-state index contributed by atoms with van der Waals surface area (Å²) in [5, 5.41) is 0.755. The van der Waals surface area contributed by atoms with Crippen molar-refractivity contribution < 1.29 is 0 Å². The monoisotopic (exact) mass is 301 g/mol. The minimum atomic E-state index is 0. The van der Waals surface area contributed by atoms with Gasteiger partial charge < -0.3 is 0 Å². The summed E-state index contributed by atoms with van der Waals surface area (Å²) in [6.07, 6.45) is 3.68. The van der Waals surface area contributed by atoms with Gasteiger partial charge in [0.25, 0.3) is 0 Å². The Kier molecular flexibility index (Phi) is 4.78. The van der Waals surface area contributed by atoms with Gasteiger partial charge in [-0.3, -0.25) is 4.98 Å². The molecule has 0 aliphatic heterocycles. The van der Waals surface area contributed by atoms with E-state index in [9.17, 15) is 0 Å². The summed E-state index contributed by atoms with van der Waals surface area (Å²) in [5.41, 5.74) is 4.37. The SMILES string of the molecule is Cl.Clc1ccccc1-c1ccncc1-c1ccccc1. The van der Waals surface area contributed by atoms with Gasteiger partial charge in [0, 0.05) is 28.5 Å². The van der Waals surface area contributed by atoms with Gasteiger partial charge in [-0.05, 0) is 23.3 Å². The maximum atomic E-state index is 6.30. The fraction of sp³-hybridized carbons (Fsp3) is 0. The minimum absolute atomic E-state index is 0. The van der Waals surface area contributed by atoms with Crippen molar-refractivity contribution in [2.24, 2.45) is 0 Å². The van der Waals surface area contributed by atoms with Gasteiger partial charge in [-0.15, -0.1) is 12.4 Å². The molecular formula is C17H13Cl2N. The molecule has 1 nitrogen and oxygen atoms in total. The first-order valence-corrected chi connectivity index (χ1v) is 6.48. The van der Waals surface area contributed by atoms with Crippen LogP contribution in [0.15, 0.2) is 73.1 Å². The van der Waals surface area contributed by atoms with Crippen molar-refractivity contribution >= 4 is 24.0 Å². The van der Waals surface area contributed by atoms with Crippen LogP contribution in [-0.4, -0.2) is 4.98 Å². The molecule has 0 saturated heterocycles. The molecule has 0 fully saturated rings. The van der Waals surface area contributed by atoms with E-state index in [0.29, 0.717) is 0 Å². The first-order chi connectivity index (χ1) is 9.36. The van der Waals surface area contributed by atoms with E-state index in [1.807, 2.05) is 54.7 Å². The van der Waals surface area contributed by atoms with E-state index in [4.69, 9.17) is 11.6 Å². The lowest BCUT2D eigenvalue weighted by Crippen LogP contribution is -1.87. The van der Waals surface area contributed by atoms with Gasteiger partial charge in [0.2, 0.25) is 0 Å². The standard InChI is InChI=1S/C17H12ClN.ClH/c18-17-9-5-4-8-15(17)14-10-11-19-12-16(14)13-6-2-1-3-7-13;/h1-12H;1H. The predicted octanol–water partition coefficient (Wildman–Crippen LogP) is 5.49. The van der Waals surface area contributed by atoms with E-state index >= 15 is 0 Å². The third-order valence-corrected chi connectivity index (χ3v) is 3.40. The molecule has 20 heavy (non-hydrogen) atoms. The summed E-state index contributed by atoms with van der Waals surface area (Å²) in [5.74, 6) is 0. The van der Waals surface area contributed by atoms with Crippen LogP contribution in [0, 0.1) is 0 Å². The van der Waals surface area contributed by atoms with Crippen molar-refractivity contribution in [2.75, 3.05) is 0 Å². The molecule has 0 amide bonds. The first-order valence-electron chi connectivity index (χ1n) is 6.10. The molecule has 0 atom stereocenters. The van der Waals surface area contributed by atoms with Crippen LogP contribution in [-0.2, 0) is 0 Å². The maximum absolute atomic E-state index is 6.30. The summed E-state index contributed by atoms with van der Waals surface area (Å²) in [7, 11) is 0. The highest BCUT2D eigenvalue weighted by Crippen LogP contribution is 2.34. The highest BCUT2D eigenvalue weighted by molar-refractivity contribution is 6.33. The van der Waals surface area contributed by atoms with Crippen LogP contribution in [0.1, 0.15) is 0 Å². The zero-order chi connectivity index (χ0) is 13.1. The number of rotatable bonds is 2. The number of halogens is 2. The summed E-state index contributed by atoms with van der Waals surface area (Å²) < 4.78 is 0. The van der Waals surface area contributed by atoms with E-state index in [1.54, 1.807) is 6.20 Å². The summed E-state index contributed by atoms with van der Waals surface area (Å²) in [6, 6.07) is 20.1. The van der Waals surface area contributed by atoms with Crippen molar-refractivity contribution in [3.63, 3.8) is 0 Å². The highest BCUT2D eigenvalue weighted by atomic mass is 35.5. The molecule has 3 rings (SSSR count). The van der Waals surface area contributed by atoms with Gasteiger partial charge >= 0.3 is 0 Å². The lowest BCUT2D eigenvalue weighted by molar-refractivity contribution is 1.33. The Hall–Kier alpha value is -1.83. The van der Waals surface area contributed by atoms with Gasteiger partial charge in [0.1, 0.15) is 0 Å². The van der Waals surface area contributed by atoms with E-state index in [1.165, 1.54) is 0 Å². The normalized spacial score (nSPS) is 9.85. The van der Waals surface area contributed by atoms with E-state index in [0.717, 1.165) is 27.3 Å². The smallest absolute Gasteiger partial charge is 0.0484 e. The first kappa shape index (κ1) is 14.6. The molecule has 1 heterocycles. The van der Waals surface area contributed by atoms with Crippen LogP contribution in [0.5, 0.6) is 0 Å². The number of aromatic nitrogens is 1. The zero-order valence-electron chi connectivity index (χ0n) is 10.7. The second kappa shape index (κ2) is 6.56. The van der Waals surface area contributed by atoms with Gasteiger partial charge in [-0.25, -0.2) is 0 Å². The summed E-state index contributed by atoms with van der Waals surface area (Å²) in [4.78, 5) is 4.23. The molecule has 0 spiro atoms. The van der Waals surface area contributed by atoms with E-state index in [-0.39, 0.29) is 12.4 Å². The molecule has 0 radical (unpaired) electrons. The highest BCUT2D eigenvalue weighted by Gasteiger charge is 2.09. The molecule has 2 aromatic carbocycles. The van der Waals surface area contributed by atoms with Crippen molar-refractivity contribution in [2.45, 2.75) is 0 Å². The molecule has 0 aliphatic rings. The second-order valence-corrected chi connectivity index (χ2v) is 4.67. The van der Waals surface area contributed by atoms with Crippen LogP contribution in [0.4, 0.5) is 0 Å². The van der Waals surface area contributed by atoms with Crippen LogP contribution in [0.3, 0.4) is 0 Å². The van der Waals surface area contributed by atoms with Crippen LogP contribution in [0.2, 0.25) is 5.02 Å². The maximum Gasteiger partial charge on any atom is 0.0484 e. The zero-order valence-corrected chi connectivity index (χ0v) is 12.2. The third-order valence-electron chi connectivity index (χ3n) is 3.07. The van der Waals surface area contributed by atoms with Crippen molar-refractivity contribution in [1.82, 2.24) is 4.98 Å². The van der Waals surface area contributed by atoms with Crippen molar-refractivity contribution in [3.05, 3.63) is 78.1 Å². The molecule has 3 heteroatoms. The van der Waals surface area contributed by atoms with E-state index < -0.39 is 0 Å². The van der Waals surface area contributed by atoms with Gasteiger partial charge in [-0.1, -0.05) is 60.1 Å². The molecule has 0 saturated carbocycles. The van der Waals surface area contributed by atoms with Crippen molar-refractivity contribution in [1.29, 1.82) is 0 Å². The molecule has 0 bridgehead atoms. The molecule has 3 aromatic rings. The Labute approximate surface area is 129 Å². The lowest BCUT2D eigenvalue weighted by atomic mass is 9.97. The third kappa shape index (κ3) is 2.84. The number of nitrogens with zero attached hydrogens (tertiary/aromatic N) is 1. The Morgan fingerprint density at radius 2 is 1.40 bits per heavy atom. The molecule has 100 valence electrons. The van der Waals surface area contributed by atoms with Crippen LogP contribution in [0.25, 0.3) is 22.3 Å². The lowest BCUT2D eigenvalue weighted by Gasteiger charge is -2.10. The fourth-order valence-electron chi connectivity index (χ4n) is 2.16. The summed E-state index contributed by atoms with van der Waals surface area (Å²) >= 11 is 6.30. The minimum Gasteiger partial charge on any atom is -0.264 e. The van der Waals surface area contributed by atoms with Crippen molar-refractivity contribution in [3.8, 4) is 22.3 Å². The topological polar surface area (TPSA) is 12.9 Å². The number of pyridine rings is 1. The Bertz CT molecular complexity index is 696. The average molecular weight is 302 g/mol. The largest absolute Gasteiger partial charge is 0.264 e. The predicted molar refractivity (Wildman–Crippen MR) is 87.4 cm³/mol. The van der Waals surface area contributed by atoms with Crippen LogP contribution < -0.4 is 0 Å². The van der Waals surface area contributed by atoms with Gasteiger partial charge in [-0.2, -0.15) is 0 Å². The Morgan fingerprint density at radius 1 is 0.700 bits per heavy atom. The quantitative estimate of drug-likeness (QED) is 0.610. The van der Waals surface area contributed by atoms with E-state index in [2.05, 4.69) is 17.1 Å². The number of hydrogen-bond donors (Lipinski definition) is 0. The second-order valence-electron chi connectivity index (χ2n) is 4.27. The molecule has 0 aliphatic carbocycles. The van der Waals surface area contributed by atoms with Crippen LogP contribution >= 0.6 is 24.0 Å². The molecule has 0 N–H and O–H groups in total. The Morgan fingerprint density at radius 3 is 2.15 bits per heavy atom. The molecule has 1 aromatic heterocycles. The number of hydrogen-bond acceptors (Lipinski definition) is 1. The number of benzene rings is 2. The van der Waals surface area contributed by atoms with Gasteiger partial charge in [0.15, 0.2) is 0 Å². The van der Waals surface area contributed by atoms with Gasteiger partial charge in [0.05, 0.1) is 0 Å². The molecular weight excluding hydrogens is 289 g/mol. The Balaban J connectivity index is 0.00000147. The molecule has 0 unspecified atom stereocenters. The fourth-order valence-corrected chi connectivity index (χ4v) is 2.39.